The number of aromatic carboxylic acids is 1. The van der Waals surface area contributed by atoms with Crippen molar-refractivity contribution in [2.75, 3.05) is 13.1 Å². The minimum Gasteiger partial charge on any atom is -0.478 e. The third kappa shape index (κ3) is 3.81. The smallest absolute Gasteiger partial charge is 0.338 e. The first kappa shape index (κ1) is 18.2. The third-order valence-electron chi connectivity index (χ3n) is 3.96. The van der Waals surface area contributed by atoms with E-state index in [0.717, 1.165) is 18.2 Å². The highest BCUT2D eigenvalue weighted by Gasteiger charge is 2.32. The van der Waals surface area contributed by atoms with Crippen molar-refractivity contribution >= 4 is 16.0 Å². The van der Waals surface area contributed by atoms with E-state index in [1.807, 2.05) is 0 Å². The zero-order valence-electron chi connectivity index (χ0n) is 13.6. The molecule has 0 spiro atoms. The Bertz CT molecular complexity index is 907. The summed E-state index contributed by atoms with van der Waals surface area (Å²) in [5, 5.41) is 8.99. The molecule has 138 valence electrons. The summed E-state index contributed by atoms with van der Waals surface area (Å²) in [5.41, 5.74) is -0.687. The van der Waals surface area contributed by atoms with Crippen LogP contribution >= 0.6 is 0 Å². The maximum Gasteiger partial charge on any atom is 0.338 e. The van der Waals surface area contributed by atoms with E-state index in [-0.39, 0.29) is 24.0 Å². The molecule has 1 saturated heterocycles. The van der Waals surface area contributed by atoms with Gasteiger partial charge in [-0.1, -0.05) is 0 Å². The van der Waals surface area contributed by atoms with Crippen molar-refractivity contribution < 1.29 is 27.4 Å². The Balaban J connectivity index is 1.81. The SMILES string of the molecule is O=C(O)c1cc(S(=O)(=O)N2CCC[C@@H](Oc3ncccn3)C2)ccc1F. The lowest BCUT2D eigenvalue weighted by atomic mass is 10.1. The Hall–Kier alpha value is -2.59. The van der Waals surface area contributed by atoms with Crippen molar-refractivity contribution in [1.82, 2.24) is 14.3 Å². The molecule has 2 heterocycles. The van der Waals surface area contributed by atoms with Gasteiger partial charge < -0.3 is 9.84 Å². The van der Waals surface area contributed by atoms with Gasteiger partial charge in [-0.25, -0.2) is 27.6 Å². The van der Waals surface area contributed by atoms with Crippen molar-refractivity contribution in [3.05, 3.63) is 48.0 Å². The second-order valence-electron chi connectivity index (χ2n) is 5.72. The van der Waals surface area contributed by atoms with Gasteiger partial charge in [0.15, 0.2) is 0 Å². The summed E-state index contributed by atoms with van der Waals surface area (Å²) >= 11 is 0. The minimum absolute atomic E-state index is 0.0698. The molecule has 1 aromatic carbocycles. The molecule has 0 amide bonds. The van der Waals surface area contributed by atoms with E-state index >= 15 is 0 Å². The fourth-order valence-corrected chi connectivity index (χ4v) is 4.23. The van der Waals surface area contributed by atoms with Crippen LogP contribution < -0.4 is 4.74 Å². The Labute approximate surface area is 149 Å². The molecule has 2 aromatic rings. The summed E-state index contributed by atoms with van der Waals surface area (Å²) in [7, 11) is -3.98. The average Bonchev–Trinajstić information content (AvgIpc) is 2.63. The van der Waals surface area contributed by atoms with Crippen LogP contribution in [0.4, 0.5) is 4.39 Å². The van der Waals surface area contributed by atoms with Crippen LogP contribution in [0.3, 0.4) is 0 Å². The first-order valence-corrected chi connectivity index (χ1v) is 9.28. The molecule has 0 radical (unpaired) electrons. The molecular formula is C16H16FN3O5S. The quantitative estimate of drug-likeness (QED) is 0.837. The van der Waals surface area contributed by atoms with E-state index in [0.29, 0.717) is 12.8 Å². The summed E-state index contributed by atoms with van der Waals surface area (Å²) in [5.74, 6) is -2.52. The number of carboxylic acid groups (broad SMARTS) is 1. The average molecular weight is 381 g/mol. The second kappa shape index (κ2) is 7.34. The van der Waals surface area contributed by atoms with E-state index in [2.05, 4.69) is 9.97 Å². The number of aromatic nitrogens is 2. The second-order valence-corrected chi connectivity index (χ2v) is 7.66. The largest absolute Gasteiger partial charge is 0.478 e. The molecule has 1 N–H and O–H groups in total. The van der Waals surface area contributed by atoms with E-state index in [1.165, 1.54) is 16.7 Å². The topological polar surface area (TPSA) is 110 Å². The standard InChI is InChI=1S/C16H16FN3O5S/c17-14-5-4-12(9-13(14)15(21)22)26(23,24)20-8-1-3-11(10-20)25-16-18-6-2-7-19-16/h2,4-7,9,11H,1,3,8,10H2,(H,21,22)/t11-/m1/s1. The molecule has 1 aliphatic rings. The Morgan fingerprint density at radius 3 is 2.73 bits per heavy atom. The van der Waals surface area contributed by atoms with E-state index in [4.69, 9.17) is 9.84 Å². The first-order valence-electron chi connectivity index (χ1n) is 7.84. The van der Waals surface area contributed by atoms with Crippen LogP contribution in [0.15, 0.2) is 41.6 Å². The van der Waals surface area contributed by atoms with Gasteiger partial charge in [-0.05, 0) is 37.1 Å². The molecule has 1 aromatic heterocycles. The van der Waals surface area contributed by atoms with Crippen LogP contribution in [0.2, 0.25) is 0 Å². The number of sulfonamides is 1. The first-order chi connectivity index (χ1) is 12.4. The van der Waals surface area contributed by atoms with Crippen LogP contribution in [0, 0.1) is 5.82 Å². The number of piperidine rings is 1. The summed E-state index contributed by atoms with van der Waals surface area (Å²) < 4.78 is 45.9. The van der Waals surface area contributed by atoms with Crippen molar-refractivity contribution in [3.63, 3.8) is 0 Å². The van der Waals surface area contributed by atoms with Gasteiger partial charge in [-0.3, -0.25) is 0 Å². The number of halogens is 1. The van der Waals surface area contributed by atoms with Gasteiger partial charge >= 0.3 is 12.0 Å². The minimum atomic E-state index is -3.98. The van der Waals surface area contributed by atoms with Gasteiger partial charge in [-0.2, -0.15) is 4.31 Å². The molecule has 0 aliphatic carbocycles. The predicted octanol–water partition coefficient (Wildman–Crippen LogP) is 1.55. The summed E-state index contributed by atoms with van der Waals surface area (Å²) in [6, 6.07) is 4.52. The molecule has 0 bridgehead atoms. The predicted molar refractivity (Wildman–Crippen MR) is 87.8 cm³/mol. The molecule has 1 atom stereocenters. The Morgan fingerprint density at radius 1 is 1.31 bits per heavy atom. The lowest BCUT2D eigenvalue weighted by molar-refractivity contribution is 0.0691. The Kier molecular flexibility index (Phi) is 5.14. The lowest BCUT2D eigenvalue weighted by Gasteiger charge is -2.31. The van der Waals surface area contributed by atoms with E-state index in [1.54, 1.807) is 6.07 Å². The van der Waals surface area contributed by atoms with Crippen LogP contribution in [0.25, 0.3) is 0 Å². The van der Waals surface area contributed by atoms with Crippen molar-refractivity contribution in [1.29, 1.82) is 0 Å². The fraction of sp³-hybridized carbons (Fsp3) is 0.312. The highest BCUT2D eigenvalue weighted by Crippen LogP contribution is 2.24. The molecular weight excluding hydrogens is 365 g/mol. The molecule has 10 heteroatoms. The maximum atomic E-state index is 13.5. The molecule has 1 fully saturated rings. The van der Waals surface area contributed by atoms with Gasteiger partial charge in [0.25, 0.3) is 0 Å². The summed E-state index contributed by atoms with van der Waals surface area (Å²) in [6.45, 7) is 0.331. The normalized spacial score (nSPS) is 18.4. The van der Waals surface area contributed by atoms with Crippen LogP contribution in [-0.2, 0) is 10.0 Å². The Morgan fingerprint density at radius 2 is 2.04 bits per heavy atom. The number of rotatable bonds is 5. The van der Waals surface area contributed by atoms with E-state index in [9.17, 15) is 17.6 Å². The molecule has 0 unspecified atom stereocenters. The molecule has 1 aliphatic heterocycles. The van der Waals surface area contributed by atoms with Gasteiger partial charge in [-0.15, -0.1) is 0 Å². The fourth-order valence-electron chi connectivity index (χ4n) is 2.69. The van der Waals surface area contributed by atoms with Crippen LogP contribution in [0.1, 0.15) is 23.2 Å². The highest BCUT2D eigenvalue weighted by atomic mass is 32.2. The number of carbonyl (C=O) groups is 1. The number of nitrogens with zero attached hydrogens (tertiary/aromatic N) is 3. The number of carboxylic acids is 1. The van der Waals surface area contributed by atoms with Crippen molar-refractivity contribution in [3.8, 4) is 6.01 Å². The number of benzene rings is 1. The van der Waals surface area contributed by atoms with Crippen LogP contribution in [0.5, 0.6) is 6.01 Å². The molecule has 0 saturated carbocycles. The van der Waals surface area contributed by atoms with E-state index < -0.39 is 33.5 Å². The van der Waals surface area contributed by atoms with Gasteiger partial charge in [0, 0.05) is 18.9 Å². The zero-order chi connectivity index (χ0) is 18.7. The molecule has 8 nitrogen and oxygen atoms in total. The number of hydrogen-bond donors (Lipinski definition) is 1. The summed E-state index contributed by atoms with van der Waals surface area (Å²) in [4.78, 5) is 18.7. The lowest BCUT2D eigenvalue weighted by Crippen LogP contribution is -2.44. The highest BCUT2D eigenvalue weighted by molar-refractivity contribution is 7.89. The number of hydrogen-bond acceptors (Lipinski definition) is 6. The zero-order valence-corrected chi connectivity index (χ0v) is 14.4. The van der Waals surface area contributed by atoms with Crippen LogP contribution in [-0.4, -0.2) is 53.0 Å². The molecule has 3 rings (SSSR count). The summed E-state index contributed by atoms with van der Waals surface area (Å²) in [6.07, 6.45) is 3.80. The molecule has 26 heavy (non-hydrogen) atoms. The van der Waals surface area contributed by atoms with Gasteiger partial charge in [0.1, 0.15) is 11.9 Å². The van der Waals surface area contributed by atoms with Crippen molar-refractivity contribution in [2.24, 2.45) is 0 Å². The monoisotopic (exact) mass is 381 g/mol. The van der Waals surface area contributed by atoms with Crippen molar-refractivity contribution in [2.45, 2.75) is 23.8 Å². The maximum absolute atomic E-state index is 13.5. The number of ether oxygens (including phenoxy) is 1. The third-order valence-corrected chi connectivity index (χ3v) is 5.82. The van der Waals surface area contributed by atoms with Gasteiger partial charge in [0.2, 0.25) is 10.0 Å². The van der Waals surface area contributed by atoms with Gasteiger partial charge in [0.05, 0.1) is 17.0 Å².